The number of rotatable bonds is 8. The molecule has 3 N–H and O–H groups in total. The fourth-order valence-corrected chi connectivity index (χ4v) is 4.02. The number of hydrogen-bond donors (Lipinski definition) is 3. The van der Waals surface area contributed by atoms with Gasteiger partial charge >= 0.3 is 12.1 Å². The van der Waals surface area contributed by atoms with Gasteiger partial charge in [-0.1, -0.05) is 18.2 Å². The first kappa shape index (κ1) is 22.1. The van der Waals surface area contributed by atoms with Crippen LogP contribution in [0.3, 0.4) is 0 Å². The summed E-state index contributed by atoms with van der Waals surface area (Å²) in [6, 6.07) is 8.52. The van der Waals surface area contributed by atoms with Crippen molar-refractivity contribution in [3.63, 3.8) is 0 Å². The second-order valence-corrected chi connectivity index (χ2v) is 7.97. The van der Waals surface area contributed by atoms with Gasteiger partial charge in [0, 0.05) is 17.5 Å². The molecule has 1 saturated carbocycles. The largest absolute Gasteiger partial charge is 0.493 e. The summed E-state index contributed by atoms with van der Waals surface area (Å²) < 4.78 is 21.1. The molecular formula is C23H24O9. The Morgan fingerprint density at radius 1 is 1.00 bits per heavy atom. The van der Waals surface area contributed by atoms with Gasteiger partial charge in [-0.25, -0.2) is 0 Å². The molecule has 2 aliphatic rings. The Hall–Kier alpha value is -3.14. The van der Waals surface area contributed by atoms with Gasteiger partial charge in [0.05, 0.1) is 14.2 Å². The second kappa shape index (κ2) is 8.09. The zero-order chi connectivity index (χ0) is 23.1. The highest BCUT2D eigenvalue weighted by Crippen LogP contribution is 2.51. The molecule has 9 nitrogen and oxygen atoms in total. The number of methoxy groups -OCH3 is 2. The molecule has 4 rings (SSSR count). The summed E-state index contributed by atoms with van der Waals surface area (Å²) in [5, 5.41) is 28.5. The number of carbonyl (C=O) groups is 2. The zero-order valence-corrected chi connectivity index (χ0v) is 17.7. The maximum Gasteiger partial charge on any atom is 0.453 e. The molecule has 0 unspecified atom stereocenters. The molecule has 0 atom stereocenters. The van der Waals surface area contributed by atoms with Crippen LogP contribution in [-0.4, -0.2) is 54.1 Å². The normalized spacial score (nSPS) is 16.3. The molecule has 0 aliphatic heterocycles. The number of Topliss-reactive ketones (excluding diaryl/α,β-unsaturated/α-hetero) is 1. The molecule has 2 aromatic carbocycles. The van der Waals surface area contributed by atoms with Gasteiger partial charge in [-0.15, -0.1) is 0 Å². The van der Waals surface area contributed by atoms with Crippen LogP contribution in [0.2, 0.25) is 0 Å². The number of hydrogen-bond acceptors (Lipinski definition) is 9. The van der Waals surface area contributed by atoms with Crippen LogP contribution in [0.4, 0.5) is 0 Å². The minimum Gasteiger partial charge on any atom is -0.493 e. The zero-order valence-electron chi connectivity index (χ0n) is 17.7. The highest BCUT2D eigenvalue weighted by molar-refractivity contribution is 6.02. The number of aliphatic hydroxyl groups is 3. The molecule has 0 saturated heterocycles. The molecule has 0 aromatic heterocycles. The molecule has 0 bridgehead atoms. The van der Waals surface area contributed by atoms with Crippen LogP contribution in [0, 0.1) is 5.41 Å². The van der Waals surface area contributed by atoms with Crippen molar-refractivity contribution in [1.29, 1.82) is 0 Å². The van der Waals surface area contributed by atoms with Crippen LogP contribution in [-0.2, 0) is 16.0 Å². The lowest BCUT2D eigenvalue weighted by molar-refractivity contribution is -0.420. The van der Waals surface area contributed by atoms with Gasteiger partial charge in [-0.3, -0.25) is 9.59 Å². The molecule has 0 heterocycles. The summed E-state index contributed by atoms with van der Waals surface area (Å²) in [6.07, 6.45) is -1.41. The molecule has 9 heteroatoms. The summed E-state index contributed by atoms with van der Waals surface area (Å²) in [5.74, 6) is -0.529. The summed E-state index contributed by atoms with van der Waals surface area (Å²) in [4.78, 5) is 24.4. The number of carbonyl (C=O) groups excluding carboxylic acids is 2. The van der Waals surface area contributed by atoms with E-state index >= 15 is 0 Å². The van der Waals surface area contributed by atoms with E-state index in [0.29, 0.717) is 42.4 Å². The monoisotopic (exact) mass is 444 g/mol. The molecule has 2 aliphatic carbocycles. The van der Waals surface area contributed by atoms with E-state index in [1.54, 1.807) is 18.2 Å². The van der Waals surface area contributed by atoms with Crippen molar-refractivity contribution < 1.29 is 43.9 Å². The second-order valence-electron chi connectivity index (χ2n) is 7.97. The van der Waals surface area contributed by atoms with Crippen LogP contribution in [0.5, 0.6) is 17.2 Å². The third kappa shape index (κ3) is 4.02. The van der Waals surface area contributed by atoms with Crippen molar-refractivity contribution in [3.05, 3.63) is 41.5 Å². The van der Waals surface area contributed by atoms with E-state index < -0.39 is 17.5 Å². The van der Waals surface area contributed by atoms with Crippen molar-refractivity contribution in [2.24, 2.45) is 5.41 Å². The molecule has 32 heavy (non-hydrogen) atoms. The first-order valence-corrected chi connectivity index (χ1v) is 10.1. The number of ether oxygens (including phenoxy) is 4. The minimum atomic E-state index is -3.50. The van der Waals surface area contributed by atoms with Crippen molar-refractivity contribution >= 4 is 11.8 Å². The predicted octanol–water partition coefficient (Wildman–Crippen LogP) is 1.79. The third-order valence-electron chi connectivity index (χ3n) is 5.87. The minimum absolute atomic E-state index is 0.0359. The predicted molar refractivity (Wildman–Crippen MR) is 110 cm³/mol. The van der Waals surface area contributed by atoms with E-state index in [9.17, 15) is 24.9 Å². The first-order valence-electron chi connectivity index (χ1n) is 10.1. The van der Waals surface area contributed by atoms with Crippen LogP contribution in [0.1, 0.15) is 35.2 Å². The Morgan fingerprint density at radius 2 is 1.72 bits per heavy atom. The quantitative estimate of drug-likeness (QED) is 0.412. The Kier molecular flexibility index (Phi) is 5.58. The van der Waals surface area contributed by atoms with Crippen LogP contribution in [0.25, 0.3) is 11.1 Å². The van der Waals surface area contributed by atoms with Gasteiger partial charge in [-0.2, -0.15) is 0 Å². The topological polar surface area (TPSA) is 132 Å². The third-order valence-corrected chi connectivity index (χ3v) is 5.87. The van der Waals surface area contributed by atoms with Crippen LogP contribution in [0.15, 0.2) is 30.3 Å². The van der Waals surface area contributed by atoms with Gasteiger partial charge in [0.15, 0.2) is 17.3 Å². The smallest absolute Gasteiger partial charge is 0.453 e. The van der Waals surface area contributed by atoms with E-state index in [4.69, 9.17) is 18.9 Å². The summed E-state index contributed by atoms with van der Waals surface area (Å²) in [7, 11) is 2.64. The van der Waals surface area contributed by atoms with Gasteiger partial charge in [0.25, 0.3) is 0 Å². The fourth-order valence-electron chi connectivity index (χ4n) is 4.02. The number of benzene rings is 2. The van der Waals surface area contributed by atoms with Crippen molar-refractivity contribution in [3.8, 4) is 28.4 Å². The molecule has 0 spiro atoms. The molecule has 0 amide bonds. The SMILES string of the molecule is COC(=O)C1(COc2c(-c3cccc4c3CCC4=O)ccc(OC)c2OC(O)(O)O)CC1. The van der Waals surface area contributed by atoms with Crippen LogP contribution >= 0.6 is 0 Å². The van der Waals surface area contributed by atoms with E-state index in [-0.39, 0.29) is 29.6 Å². The molecule has 0 radical (unpaired) electrons. The van der Waals surface area contributed by atoms with Gasteiger partial charge in [0.1, 0.15) is 12.0 Å². The van der Waals surface area contributed by atoms with Crippen LogP contribution < -0.4 is 14.2 Å². The molecular weight excluding hydrogens is 420 g/mol. The van der Waals surface area contributed by atoms with E-state index in [2.05, 4.69) is 0 Å². The average Bonchev–Trinajstić information content (AvgIpc) is 3.46. The molecule has 1 fully saturated rings. The highest BCUT2D eigenvalue weighted by atomic mass is 16.9. The molecule has 170 valence electrons. The summed E-state index contributed by atoms with van der Waals surface area (Å²) >= 11 is 0. The van der Waals surface area contributed by atoms with Gasteiger partial charge in [-0.05, 0) is 42.5 Å². The Labute approximate surface area is 184 Å². The van der Waals surface area contributed by atoms with E-state index in [1.807, 2.05) is 6.07 Å². The average molecular weight is 444 g/mol. The van der Waals surface area contributed by atoms with Gasteiger partial charge < -0.3 is 34.3 Å². The fraction of sp³-hybridized carbons (Fsp3) is 0.391. The van der Waals surface area contributed by atoms with Gasteiger partial charge in [0.2, 0.25) is 5.75 Å². The lowest BCUT2D eigenvalue weighted by Gasteiger charge is -2.24. The van der Waals surface area contributed by atoms with Crippen molar-refractivity contribution in [2.75, 3.05) is 20.8 Å². The lowest BCUT2D eigenvalue weighted by Crippen LogP contribution is -2.35. The first-order chi connectivity index (χ1) is 15.2. The van der Waals surface area contributed by atoms with E-state index in [0.717, 1.165) is 5.56 Å². The van der Waals surface area contributed by atoms with Crippen molar-refractivity contribution in [2.45, 2.75) is 31.8 Å². The number of esters is 1. The summed E-state index contributed by atoms with van der Waals surface area (Å²) in [6.45, 7) is -0.0561. The Bertz CT molecular complexity index is 1060. The summed E-state index contributed by atoms with van der Waals surface area (Å²) in [5.41, 5.74) is 1.81. The maximum atomic E-state index is 12.2. The maximum absolute atomic E-state index is 12.2. The molecule has 2 aromatic rings. The highest BCUT2D eigenvalue weighted by Gasteiger charge is 2.52. The Balaban J connectivity index is 1.84. The number of ketones is 1. The Morgan fingerprint density at radius 3 is 2.34 bits per heavy atom. The van der Waals surface area contributed by atoms with Crippen molar-refractivity contribution in [1.82, 2.24) is 0 Å². The van der Waals surface area contributed by atoms with E-state index in [1.165, 1.54) is 20.3 Å². The lowest BCUT2D eigenvalue weighted by atomic mass is 9.95. The standard InChI is InChI=1S/C23H24O9/c1-29-18-9-7-16(13-4-3-5-15-14(13)6-8-17(15)24)19(20(18)32-23(26,27)28)31-12-22(10-11-22)21(25)30-2/h3-5,7,9,26-28H,6,8,10-12H2,1-2H3. The number of fused-ring (bicyclic) bond motifs is 1.